The molecule has 144 valence electrons. The van der Waals surface area contributed by atoms with Gasteiger partial charge in [0, 0.05) is 37.4 Å². The lowest BCUT2D eigenvalue weighted by Crippen LogP contribution is -2.16. The van der Waals surface area contributed by atoms with Crippen molar-refractivity contribution >= 4 is 29.2 Å². The second-order valence-corrected chi connectivity index (χ2v) is 5.92. The molecule has 0 atom stereocenters. The van der Waals surface area contributed by atoms with Crippen molar-refractivity contribution in [2.45, 2.75) is 13.5 Å². The van der Waals surface area contributed by atoms with Crippen molar-refractivity contribution in [3.8, 4) is 0 Å². The molecule has 0 fully saturated rings. The summed E-state index contributed by atoms with van der Waals surface area (Å²) in [5.41, 5.74) is 0.726. The first-order chi connectivity index (χ1) is 13.4. The molecule has 0 aliphatic carbocycles. The number of aromatic nitrogens is 4. The predicted molar refractivity (Wildman–Crippen MR) is 100 cm³/mol. The molecule has 3 aromatic rings. The topological polar surface area (TPSA) is 131 Å². The molecule has 10 heteroatoms. The van der Waals surface area contributed by atoms with E-state index in [2.05, 4.69) is 20.8 Å². The van der Waals surface area contributed by atoms with Crippen molar-refractivity contribution in [1.29, 1.82) is 0 Å². The number of hydrogen-bond acceptors (Lipinski definition) is 5. The fraction of sp³-hybridized carbons (Fsp3) is 0.167. The lowest BCUT2D eigenvalue weighted by atomic mass is 10.2. The number of nitrogens with zero attached hydrogens (tertiary/aromatic N) is 4. The number of carboxylic acid groups (broad SMARTS) is 1. The molecule has 0 spiro atoms. The van der Waals surface area contributed by atoms with Gasteiger partial charge in [0.05, 0.1) is 5.56 Å². The zero-order valence-electron chi connectivity index (χ0n) is 15.2. The molecule has 28 heavy (non-hydrogen) atoms. The van der Waals surface area contributed by atoms with E-state index in [0.717, 1.165) is 0 Å². The predicted octanol–water partition coefficient (Wildman–Crippen LogP) is 1.84. The van der Waals surface area contributed by atoms with Crippen molar-refractivity contribution in [2.75, 3.05) is 10.6 Å². The smallest absolute Gasteiger partial charge is 0.357 e. The molecule has 2 amide bonds. The summed E-state index contributed by atoms with van der Waals surface area (Å²) in [4.78, 5) is 35.9. The normalized spacial score (nSPS) is 10.5. The number of aryl methyl sites for hydroxylation is 2. The van der Waals surface area contributed by atoms with E-state index in [4.69, 9.17) is 5.11 Å². The molecule has 0 saturated heterocycles. The highest BCUT2D eigenvalue weighted by atomic mass is 16.4. The molecule has 0 radical (unpaired) electrons. The second kappa shape index (κ2) is 7.74. The van der Waals surface area contributed by atoms with Gasteiger partial charge in [-0.15, -0.1) is 0 Å². The molecule has 0 unspecified atom stereocenters. The Bertz CT molecular complexity index is 1050. The number of rotatable bonds is 6. The van der Waals surface area contributed by atoms with Crippen molar-refractivity contribution in [1.82, 2.24) is 19.6 Å². The first-order valence-corrected chi connectivity index (χ1v) is 8.40. The molecule has 2 heterocycles. The number of hydrogen-bond donors (Lipinski definition) is 3. The number of aromatic carboxylic acids is 1. The third-order valence-corrected chi connectivity index (χ3v) is 3.85. The van der Waals surface area contributed by atoms with E-state index in [-0.39, 0.29) is 22.9 Å². The van der Waals surface area contributed by atoms with E-state index in [0.29, 0.717) is 17.9 Å². The summed E-state index contributed by atoms with van der Waals surface area (Å²) in [6.45, 7) is 2.57. The zero-order valence-corrected chi connectivity index (χ0v) is 15.2. The van der Waals surface area contributed by atoms with E-state index in [1.165, 1.54) is 17.9 Å². The van der Waals surface area contributed by atoms with Crippen molar-refractivity contribution in [2.24, 2.45) is 7.05 Å². The Morgan fingerprint density at radius 2 is 1.75 bits per heavy atom. The van der Waals surface area contributed by atoms with Gasteiger partial charge >= 0.3 is 5.97 Å². The van der Waals surface area contributed by atoms with Crippen LogP contribution in [0.2, 0.25) is 0 Å². The van der Waals surface area contributed by atoms with Crippen LogP contribution in [0, 0.1) is 0 Å². The Morgan fingerprint density at radius 3 is 2.36 bits per heavy atom. The molecule has 3 rings (SSSR count). The van der Waals surface area contributed by atoms with Crippen LogP contribution in [0.15, 0.2) is 42.7 Å². The number of nitrogens with one attached hydrogen (secondary N) is 2. The molecule has 1 aromatic carbocycles. The molecule has 2 aromatic heterocycles. The van der Waals surface area contributed by atoms with E-state index in [1.54, 1.807) is 41.2 Å². The fourth-order valence-electron chi connectivity index (χ4n) is 2.54. The molecular weight excluding hydrogens is 364 g/mol. The maximum absolute atomic E-state index is 12.4. The van der Waals surface area contributed by atoms with Crippen LogP contribution in [0.3, 0.4) is 0 Å². The summed E-state index contributed by atoms with van der Waals surface area (Å²) >= 11 is 0. The van der Waals surface area contributed by atoms with Gasteiger partial charge < -0.3 is 15.7 Å². The van der Waals surface area contributed by atoms with E-state index < -0.39 is 11.9 Å². The zero-order chi connectivity index (χ0) is 20.3. The SMILES string of the molecule is CCn1ccc(C(=O)Nc2cccc(NC(=O)c3cn(C)nc3C(=O)O)c2)n1. The molecule has 10 nitrogen and oxygen atoms in total. The van der Waals surface area contributed by atoms with Crippen LogP contribution in [-0.2, 0) is 13.6 Å². The van der Waals surface area contributed by atoms with Crippen LogP contribution < -0.4 is 10.6 Å². The van der Waals surface area contributed by atoms with Gasteiger partial charge in [-0.2, -0.15) is 10.2 Å². The summed E-state index contributed by atoms with van der Waals surface area (Å²) in [7, 11) is 1.53. The molecular formula is C18H18N6O4. The summed E-state index contributed by atoms with van der Waals surface area (Å²) < 4.78 is 2.89. The largest absolute Gasteiger partial charge is 0.476 e. The number of carboxylic acids is 1. The average Bonchev–Trinajstić information content (AvgIpc) is 3.28. The van der Waals surface area contributed by atoms with Crippen LogP contribution in [-0.4, -0.2) is 42.5 Å². The average molecular weight is 382 g/mol. The molecule has 3 N–H and O–H groups in total. The molecule has 0 saturated carbocycles. The minimum atomic E-state index is -1.29. The standard InChI is InChI=1S/C18H18N6O4/c1-3-24-8-7-14(21-24)17(26)20-12-6-4-5-11(9-12)19-16(25)13-10-23(2)22-15(13)18(27)28/h4-10H,3H2,1-2H3,(H,19,25)(H,20,26)(H,27,28). The lowest BCUT2D eigenvalue weighted by Gasteiger charge is -2.08. The van der Waals surface area contributed by atoms with Gasteiger partial charge in [0.15, 0.2) is 11.4 Å². The maximum atomic E-state index is 12.4. The highest BCUT2D eigenvalue weighted by Gasteiger charge is 2.21. The van der Waals surface area contributed by atoms with E-state index in [1.807, 2.05) is 6.92 Å². The van der Waals surface area contributed by atoms with Gasteiger partial charge in [-0.05, 0) is 31.2 Å². The van der Waals surface area contributed by atoms with Gasteiger partial charge in [0.1, 0.15) is 0 Å². The van der Waals surface area contributed by atoms with Crippen molar-refractivity contribution < 1.29 is 19.5 Å². The highest BCUT2D eigenvalue weighted by molar-refractivity contribution is 6.10. The van der Waals surface area contributed by atoms with Gasteiger partial charge in [0.25, 0.3) is 11.8 Å². The minimum absolute atomic E-state index is 0.0606. The third kappa shape index (κ3) is 4.06. The number of carbonyl (C=O) groups is 3. The van der Waals surface area contributed by atoms with Crippen LogP contribution in [0.1, 0.15) is 38.3 Å². The lowest BCUT2D eigenvalue weighted by molar-refractivity contribution is 0.0685. The fourth-order valence-corrected chi connectivity index (χ4v) is 2.54. The number of anilines is 2. The summed E-state index contributed by atoms with van der Waals surface area (Å²) in [6.07, 6.45) is 3.04. The Balaban J connectivity index is 1.73. The summed E-state index contributed by atoms with van der Waals surface area (Å²) in [5, 5.41) is 22.4. The Labute approximate surface area is 159 Å². The van der Waals surface area contributed by atoms with Crippen LogP contribution in [0.25, 0.3) is 0 Å². The van der Waals surface area contributed by atoms with E-state index in [9.17, 15) is 14.4 Å². The summed E-state index contributed by atoms with van der Waals surface area (Å²) in [5.74, 6) is -2.29. The number of benzene rings is 1. The number of carbonyl (C=O) groups excluding carboxylic acids is 2. The van der Waals surface area contributed by atoms with E-state index >= 15 is 0 Å². The van der Waals surface area contributed by atoms with Crippen LogP contribution >= 0.6 is 0 Å². The van der Waals surface area contributed by atoms with Crippen LogP contribution in [0.5, 0.6) is 0 Å². The Morgan fingerprint density at radius 1 is 1.07 bits per heavy atom. The first kappa shape index (κ1) is 18.8. The molecule has 0 bridgehead atoms. The Hall–Kier alpha value is -3.95. The second-order valence-electron chi connectivity index (χ2n) is 5.92. The van der Waals surface area contributed by atoms with Gasteiger partial charge in [0.2, 0.25) is 0 Å². The van der Waals surface area contributed by atoms with Gasteiger partial charge in [-0.1, -0.05) is 6.07 Å². The van der Waals surface area contributed by atoms with Gasteiger partial charge in [-0.25, -0.2) is 4.79 Å². The maximum Gasteiger partial charge on any atom is 0.357 e. The molecule has 0 aliphatic rings. The summed E-state index contributed by atoms with van der Waals surface area (Å²) in [6, 6.07) is 8.11. The highest BCUT2D eigenvalue weighted by Crippen LogP contribution is 2.18. The minimum Gasteiger partial charge on any atom is -0.476 e. The van der Waals surface area contributed by atoms with Crippen molar-refractivity contribution in [3.63, 3.8) is 0 Å². The van der Waals surface area contributed by atoms with Crippen LogP contribution in [0.4, 0.5) is 11.4 Å². The van der Waals surface area contributed by atoms with Gasteiger partial charge in [-0.3, -0.25) is 19.0 Å². The quantitative estimate of drug-likeness (QED) is 0.596. The monoisotopic (exact) mass is 382 g/mol. The third-order valence-electron chi connectivity index (χ3n) is 3.85. The van der Waals surface area contributed by atoms with Crippen molar-refractivity contribution in [3.05, 3.63) is 59.7 Å². The first-order valence-electron chi connectivity index (χ1n) is 8.40. The molecule has 0 aliphatic heterocycles. The number of amides is 2. The Kier molecular flexibility index (Phi) is 5.21.